The number of nitrogens with zero attached hydrogens (tertiary/aromatic N) is 2. The second-order valence-electron chi connectivity index (χ2n) is 7.26. The van der Waals surface area contributed by atoms with Crippen LogP contribution in [0.2, 0.25) is 0 Å². The van der Waals surface area contributed by atoms with E-state index >= 15 is 0 Å². The molecule has 1 aliphatic rings. The number of oxazole rings is 1. The Bertz CT molecular complexity index is 920. The number of sulfone groups is 1. The van der Waals surface area contributed by atoms with Crippen LogP contribution in [0.25, 0.3) is 11.1 Å². The van der Waals surface area contributed by atoms with E-state index < -0.39 is 15.9 Å². The summed E-state index contributed by atoms with van der Waals surface area (Å²) in [6.45, 7) is 5.81. The molecular weight excluding hydrogens is 354 g/mol. The molecule has 0 aliphatic carbocycles. The minimum Gasteiger partial charge on any atom is -0.440 e. The maximum Gasteiger partial charge on any atom is 0.244 e. The minimum atomic E-state index is -3.02. The zero-order valence-electron chi connectivity index (χ0n) is 15.5. The number of amides is 1. The van der Waals surface area contributed by atoms with Gasteiger partial charge in [-0.25, -0.2) is 13.4 Å². The van der Waals surface area contributed by atoms with Crippen molar-refractivity contribution in [2.45, 2.75) is 45.2 Å². The fraction of sp³-hybridized carbons (Fsp3) is 0.556. The van der Waals surface area contributed by atoms with Crippen molar-refractivity contribution in [1.82, 2.24) is 9.88 Å². The van der Waals surface area contributed by atoms with E-state index in [0.717, 1.165) is 11.2 Å². The van der Waals surface area contributed by atoms with Crippen LogP contribution in [-0.4, -0.2) is 54.8 Å². The molecular formula is C18H25N3O4S. The maximum absolute atomic E-state index is 12.6. The van der Waals surface area contributed by atoms with Gasteiger partial charge < -0.3 is 14.6 Å². The van der Waals surface area contributed by atoms with E-state index in [1.165, 1.54) is 0 Å². The lowest BCUT2D eigenvalue weighted by Gasteiger charge is -2.27. The summed E-state index contributed by atoms with van der Waals surface area (Å²) in [5.74, 6) is 0.956. The summed E-state index contributed by atoms with van der Waals surface area (Å²) in [6, 6.07) is 4.82. The van der Waals surface area contributed by atoms with E-state index in [1.54, 1.807) is 18.9 Å². The molecule has 0 bridgehead atoms. The first-order chi connectivity index (χ1) is 12.2. The van der Waals surface area contributed by atoms with E-state index in [2.05, 4.69) is 10.3 Å². The van der Waals surface area contributed by atoms with Crippen molar-refractivity contribution in [3.05, 3.63) is 24.1 Å². The van der Waals surface area contributed by atoms with Gasteiger partial charge in [0, 0.05) is 24.7 Å². The van der Waals surface area contributed by atoms with Crippen molar-refractivity contribution < 1.29 is 17.6 Å². The average molecular weight is 379 g/mol. The summed E-state index contributed by atoms with van der Waals surface area (Å²) < 4.78 is 29.0. The SMILES string of the molecule is CC(C)c1nc2cc(N[C@@H](C)C(=O)N(C)[C@H]3CCS(=O)(=O)C3)ccc2o1. The van der Waals surface area contributed by atoms with Crippen LogP contribution in [0.3, 0.4) is 0 Å². The molecule has 0 spiro atoms. The zero-order chi connectivity index (χ0) is 19.1. The quantitative estimate of drug-likeness (QED) is 0.857. The van der Waals surface area contributed by atoms with Gasteiger partial charge in [0.15, 0.2) is 21.3 Å². The molecule has 142 valence electrons. The van der Waals surface area contributed by atoms with Gasteiger partial charge in [-0.1, -0.05) is 13.8 Å². The number of carbonyl (C=O) groups excluding carboxylic acids is 1. The van der Waals surface area contributed by atoms with Gasteiger partial charge in [0.25, 0.3) is 0 Å². The van der Waals surface area contributed by atoms with Gasteiger partial charge in [-0.3, -0.25) is 4.79 Å². The minimum absolute atomic E-state index is 0.0465. The molecule has 8 heteroatoms. The van der Waals surface area contributed by atoms with Crippen molar-refractivity contribution in [3.63, 3.8) is 0 Å². The first kappa shape index (κ1) is 18.7. The molecule has 0 unspecified atom stereocenters. The smallest absolute Gasteiger partial charge is 0.244 e. The monoisotopic (exact) mass is 379 g/mol. The second-order valence-corrected chi connectivity index (χ2v) is 9.49. The fourth-order valence-corrected chi connectivity index (χ4v) is 4.93. The van der Waals surface area contributed by atoms with Crippen molar-refractivity contribution in [3.8, 4) is 0 Å². The standard InChI is InChI=1S/C18H25N3O4S/c1-11(2)17-20-15-9-13(5-6-16(15)25-17)19-12(3)18(22)21(4)14-7-8-26(23,24)10-14/h5-6,9,11-12,14,19H,7-8,10H2,1-4H3/t12-,14-/m0/s1. The van der Waals surface area contributed by atoms with Gasteiger partial charge in [0.2, 0.25) is 5.91 Å². The lowest BCUT2D eigenvalue weighted by Crippen LogP contribution is -2.45. The Balaban J connectivity index is 1.69. The number of carbonyl (C=O) groups is 1. The van der Waals surface area contributed by atoms with Gasteiger partial charge >= 0.3 is 0 Å². The molecule has 1 saturated heterocycles. The van der Waals surface area contributed by atoms with Gasteiger partial charge in [-0.2, -0.15) is 0 Å². The highest BCUT2D eigenvalue weighted by atomic mass is 32.2. The van der Waals surface area contributed by atoms with Crippen LogP contribution in [-0.2, 0) is 14.6 Å². The molecule has 0 saturated carbocycles. The van der Waals surface area contributed by atoms with Gasteiger partial charge in [0.05, 0.1) is 11.5 Å². The first-order valence-corrected chi connectivity index (χ1v) is 10.6. The molecule has 1 aromatic heterocycles. The Morgan fingerprint density at radius 1 is 1.35 bits per heavy atom. The van der Waals surface area contributed by atoms with E-state index in [4.69, 9.17) is 4.42 Å². The van der Waals surface area contributed by atoms with Crippen LogP contribution in [0.1, 0.15) is 39.0 Å². The lowest BCUT2D eigenvalue weighted by molar-refractivity contribution is -0.132. The Hall–Kier alpha value is -2.09. The Morgan fingerprint density at radius 3 is 2.69 bits per heavy atom. The number of nitrogens with one attached hydrogen (secondary N) is 1. The van der Waals surface area contributed by atoms with Crippen LogP contribution in [0.5, 0.6) is 0 Å². The topological polar surface area (TPSA) is 92.5 Å². The van der Waals surface area contributed by atoms with Crippen LogP contribution < -0.4 is 5.32 Å². The number of benzene rings is 1. The maximum atomic E-state index is 12.6. The number of hydrogen-bond acceptors (Lipinski definition) is 6. The summed E-state index contributed by atoms with van der Waals surface area (Å²) in [5, 5.41) is 3.18. The Kier molecular flexibility index (Phi) is 4.96. The first-order valence-electron chi connectivity index (χ1n) is 8.80. The van der Waals surface area contributed by atoms with E-state index in [9.17, 15) is 13.2 Å². The molecule has 0 radical (unpaired) electrons. The van der Waals surface area contributed by atoms with Crippen LogP contribution in [0.4, 0.5) is 5.69 Å². The second kappa shape index (κ2) is 6.90. The predicted molar refractivity (Wildman–Crippen MR) is 101 cm³/mol. The number of aromatic nitrogens is 1. The molecule has 1 amide bonds. The fourth-order valence-electron chi connectivity index (χ4n) is 3.16. The van der Waals surface area contributed by atoms with E-state index in [0.29, 0.717) is 17.9 Å². The number of likely N-dealkylation sites (N-methyl/N-ethyl adjacent to an activating group) is 1. The average Bonchev–Trinajstić information content (AvgIpc) is 3.16. The molecule has 1 fully saturated rings. The predicted octanol–water partition coefficient (Wildman–Crippen LogP) is 2.40. The number of hydrogen-bond donors (Lipinski definition) is 1. The molecule has 3 rings (SSSR count). The molecule has 2 aromatic rings. The van der Waals surface area contributed by atoms with Crippen LogP contribution in [0, 0.1) is 0 Å². The zero-order valence-corrected chi connectivity index (χ0v) is 16.3. The third kappa shape index (κ3) is 3.85. The highest BCUT2D eigenvalue weighted by molar-refractivity contribution is 7.91. The number of rotatable bonds is 5. The van der Waals surface area contributed by atoms with Crippen molar-refractivity contribution in [1.29, 1.82) is 0 Å². The van der Waals surface area contributed by atoms with Gasteiger partial charge in [-0.05, 0) is 31.5 Å². The number of fused-ring (bicyclic) bond motifs is 1. The molecule has 2 heterocycles. The van der Waals surface area contributed by atoms with Gasteiger partial charge in [-0.15, -0.1) is 0 Å². The number of anilines is 1. The molecule has 2 atom stereocenters. The third-order valence-corrected chi connectivity index (χ3v) is 6.51. The summed E-state index contributed by atoms with van der Waals surface area (Å²) in [4.78, 5) is 18.7. The normalized spacial score (nSPS) is 20.4. The Labute approximate surface area is 153 Å². The highest BCUT2D eigenvalue weighted by Gasteiger charge is 2.34. The van der Waals surface area contributed by atoms with Gasteiger partial charge in [0.1, 0.15) is 11.6 Å². The van der Waals surface area contributed by atoms with Crippen molar-refractivity contribution >= 4 is 32.5 Å². The molecule has 1 aromatic carbocycles. The molecule has 1 aliphatic heterocycles. The highest BCUT2D eigenvalue weighted by Crippen LogP contribution is 2.24. The van der Waals surface area contributed by atoms with Crippen LogP contribution in [0.15, 0.2) is 22.6 Å². The summed E-state index contributed by atoms with van der Waals surface area (Å²) >= 11 is 0. The Morgan fingerprint density at radius 2 is 2.08 bits per heavy atom. The largest absolute Gasteiger partial charge is 0.440 e. The summed E-state index contributed by atoms with van der Waals surface area (Å²) in [7, 11) is -1.35. The van der Waals surface area contributed by atoms with Crippen LogP contribution >= 0.6 is 0 Å². The molecule has 1 N–H and O–H groups in total. The van der Waals surface area contributed by atoms with Crippen molar-refractivity contribution in [2.75, 3.05) is 23.9 Å². The van der Waals surface area contributed by atoms with E-state index in [-0.39, 0.29) is 29.4 Å². The van der Waals surface area contributed by atoms with Crippen molar-refractivity contribution in [2.24, 2.45) is 0 Å². The third-order valence-electron chi connectivity index (χ3n) is 4.76. The van der Waals surface area contributed by atoms with E-state index in [1.807, 2.05) is 32.0 Å². The summed E-state index contributed by atoms with van der Waals surface area (Å²) in [5.41, 5.74) is 2.23. The molecule has 26 heavy (non-hydrogen) atoms. The molecule has 7 nitrogen and oxygen atoms in total. The lowest BCUT2D eigenvalue weighted by atomic mass is 10.2. The summed E-state index contributed by atoms with van der Waals surface area (Å²) in [6.07, 6.45) is 0.500.